The standard InChI is InChI=1S/C58H106NO8P/c1-6-8-10-12-14-16-18-20-22-23-24-25-26-27-28-29-30-31-32-33-34-35-37-39-41-43-45-47-49-51-58(61)67-56(55-66-68(62,63)65-53-52-59(3,4)5)54-64-57(60)50-48-46-44-42-40-38-36-21-19-17-15-13-11-9-7-2/h8,10,14,16,20-22,24-25,36,56H,6-7,9,11-13,15,17-19,23,26-35,37-55H2,1-5H3/p+1/b10-8-,16-14-,22-20-,25-24-,36-21-. The predicted molar refractivity (Wildman–Crippen MR) is 289 cm³/mol. The van der Waals surface area contributed by atoms with E-state index in [-0.39, 0.29) is 32.0 Å². The number of phosphoric ester groups is 1. The van der Waals surface area contributed by atoms with Crippen molar-refractivity contribution >= 4 is 19.8 Å². The summed E-state index contributed by atoms with van der Waals surface area (Å²) in [6.07, 6.45) is 62.9. The van der Waals surface area contributed by atoms with Gasteiger partial charge in [0, 0.05) is 12.8 Å². The summed E-state index contributed by atoms with van der Waals surface area (Å²) < 4.78 is 34.5. The van der Waals surface area contributed by atoms with Crippen LogP contribution in [0, 0.1) is 0 Å². The summed E-state index contributed by atoms with van der Waals surface area (Å²) in [5.74, 6) is -0.802. The first-order valence-corrected chi connectivity index (χ1v) is 29.5. The van der Waals surface area contributed by atoms with Crippen LogP contribution in [0.5, 0.6) is 0 Å². The van der Waals surface area contributed by atoms with Crippen molar-refractivity contribution in [1.82, 2.24) is 0 Å². The molecular weight excluding hydrogens is 870 g/mol. The highest BCUT2D eigenvalue weighted by atomic mass is 31.2. The maximum atomic E-state index is 12.8. The quantitative estimate of drug-likeness (QED) is 0.0211. The number of allylic oxidation sites excluding steroid dienone is 10. The summed E-state index contributed by atoms with van der Waals surface area (Å²) in [5.41, 5.74) is 0. The number of carbonyl (C=O) groups is 2. The normalized spacial score (nSPS) is 13.8. The molecular formula is C58H107NO8P+. The number of esters is 2. The zero-order chi connectivity index (χ0) is 49.9. The van der Waals surface area contributed by atoms with E-state index in [1.54, 1.807) is 0 Å². The smallest absolute Gasteiger partial charge is 0.462 e. The van der Waals surface area contributed by atoms with Crippen molar-refractivity contribution in [3.8, 4) is 0 Å². The number of unbranched alkanes of at least 4 members (excludes halogenated alkanes) is 27. The Labute approximate surface area is 419 Å². The van der Waals surface area contributed by atoms with Gasteiger partial charge in [0.05, 0.1) is 27.7 Å². The maximum Gasteiger partial charge on any atom is 0.472 e. The van der Waals surface area contributed by atoms with Crippen LogP contribution in [0.1, 0.15) is 245 Å². The van der Waals surface area contributed by atoms with Gasteiger partial charge in [0.15, 0.2) is 6.10 Å². The zero-order valence-electron chi connectivity index (χ0n) is 44.8. The van der Waals surface area contributed by atoms with Crippen LogP contribution in [0.4, 0.5) is 0 Å². The minimum absolute atomic E-state index is 0.0300. The van der Waals surface area contributed by atoms with Gasteiger partial charge in [-0.2, -0.15) is 0 Å². The summed E-state index contributed by atoms with van der Waals surface area (Å²) in [5, 5.41) is 0. The van der Waals surface area contributed by atoms with Crippen LogP contribution in [0.3, 0.4) is 0 Å². The molecule has 396 valence electrons. The van der Waals surface area contributed by atoms with Gasteiger partial charge in [-0.05, 0) is 77.0 Å². The summed E-state index contributed by atoms with van der Waals surface area (Å²) in [6, 6.07) is 0. The molecule has 10 heteroatoms. The first-order chi connectivity index (χ1) is 33.0. The highest BCUT2D eigenvalue weighted by molar-refractivity contribution is 7.47. The first-order valence-electron chi connectivity index (χ1n) is 28.0. The Morgan fingerprint density at radius 2 is 0.838 bits per heavy atom. The highest BCUT2D eigenvalue weighted by Crippen LogP contribution is 2.43. The molecule has 0 fully saturated rings. The van der Waals surface area contributed by atoms with E-state index in [4.69, 9.17) is 18.5 Å². The van der Waals surface area contributed by atoms with Crippen molar-refractivity contribution in [3.63, 3.8) is 0 Å². The van der Waals surface area contributed by atoms with Gasteiger partial charge < -0.3 is 18.9 Å². The van der Waals surface area contributed by atoms with E-state index in [0.29, 0.717) is 17.4 Å². The molecule has 0 saturated heterocycles. The van der Waals surface area contributed by atoms with Crippen molar-refractivity contribution in [2.24, 2.45) is 0 Å². The van der Waals surface area contributed by atoms with Gasteiger partial charge >= 0.3 is 19.8 Å². The number of hydrogen-bond acceptors (Lipinski definition) is 7. The van der Waals surface area contributed by atoms with Crippen LogP contribution >= 0.6 is 7.82 Å². The first kappa shape index (κ1) is 65.7. The molecule has 0 aliphatic rings. The van der Waals surface area contributed by atoms with Crippen LogP contribution in [-0.4, -0.2) is 74.9 Å². The second kappa shape index (κ2) is 49.7. The lowest BCUT2D eigenvalue weighted by Gasteiger charge is -2.24. The summed E-state index contributed by atoms with van der Waals surface area (Å²) in [4.78, 5) is 35.6. The van der Waals surface area contributed by atoms with Gasteiger partial charge in [-0.3, -0.25) is 18.6 Å². The number of nitrogens with zero attached hydrogens (tertiary/aromatic N) is 1. The number of likely N-dealkylation sites (N-methyl/N-ethyl adjacent to an activating group) is 1. The molecule has 9 nitrogen and oxygen atoms in total. The Hall–Kier alpha value is -2.29. The molecule has 0 spiro atoms. The van der Waals surface area contributed by atoms with E-state index >= 15 is 0 Å². The Kier molecular flexibility index (Phi) is 48.0. The largest absolute Gasteiger partial charge is 0.472 e. The minimum Gasteiger partial charge on any atom is -0.462 e. The zero-order valence-corrected chi connectivity index (χ0v) is 45.7. The van der Waals surface area contributed by atoms with Crippen LogP contribution < -0.4 is 0 Å². The van der Waals surface area contributed by atoms with E-state index in [9.17, 15) is 19.0 Å². The van der Waals surface area contributed by atoms with Gasteiger partial charge in [0.2, 0.25) is 0 Å². The van der Waals surface area contributed by atoms with Crippen LogP contribution in [0.25, 0.3) is 0 Å². The van der Waals surface area contributed by atoms with Crippen LogP contribution in [0.2, 0.25) is 0 Å². The van der Waals surface area contributed by atoms with Crippen molar-refractivity contribution in [3.05, 3.63) is 60.8 Å². The van der Waals surface area contributed by atoms with Crippen molar-refractivity contribution in [2.45, 2.75) is 251 Å². The fourth-order valence-corrected chi connectivity index (χ4v) is 8.45. The van der Waals surface area contributed by atoms with Gasteiger partial charge in [-0.15, -0.1) is 0 Å². The van der Waals surface area contributed by atoms with Crippen molar-refractivity contribution in [2.75, 3.05) is 47.5 Å². The third-order valence-corrected chi connectivity index (χ3v) is 13.0. The Morgan fingerprint density at radius 1 is 0.471 bits per heavy atom. The van der Waals surface area contributed by atoms with Crippen LogP contribution in [-0.2, 0) is 32.7 Å². The number of carbonyl (C=O) groups excluding carboxylic acids is 2. The van der Waals surface area contributed by atoms with E-state index in [2.05, 4.69) is 74.6 Å². The van der Waals surface area contributed by atoms with E-state index in [0.717, 1.165) is 77.0 Å². The molecule has 0 aromatic rings. The second-order valence-electron chi connectivity index (χ2n) is 19.9. The van der Waals surface area contributed by atoms with Crippen molar-refractivity contribution in [1.29, 1.82) is 0 Å². The summed E-state index contributed by atoms with van der Waals surface area (Å²) >= 11 is 0. The Morgan fingerprint density at radius 3 is 1.26 bits per heavy atom. The fraction of sp³-hybridized carbons (Fsp3) is 0.793. The molecule has 2 atom stereocenters. The maximum absolute atomic E-state index is 12.8. The predicted octanol–water partition coefficient (Wildman–Crippen LogP) is 17.1. The number of quaternary nitrogens is 1. The lowest BCUT2D eigenvalue weighted by molar-refractivity contribution is -0.870. The molecule has 1 N–H and O–H groups in total. The van der Waals surface area contributed by atoms with Gasteiger partial charge in [0.1, 0.15) is 19.8 Å². The van der Waals surface area contributed by atoms with Crippen LogP contribution in [0.15, 0.2) is 60.8 Å². The Balaban J connectivity index is 4.11. The molecule has 2 unspecified atom stereocenters. The SMILES string of the molecule is CC/C=C\C/C=C\C/C=C\C/C=C\CCCCCCCCCCCCCCCCCCC(=O)OC(COC(=O)CCCCCCC/C=C\CCCCCCCC)COP(=O)(O)OCC[N+](C)(C)C. The molecule has 0 aromatic carbocycles. The lowest BCUT2D eigenvalue weighted by atomic mass is 10.0. The Bertz CT molecular complexity index is 1340. The third kappa shape index (κ3) is 53.1. The third-order valence-electron chi connectivity index (χ3n) is 12.0. The summed E-state index contributed by atoms with van der Waals surface area (Å²) in [6.45, 7) is 4.32. The van der Waals surface area contributed by atoms with Gasteiger partial charge in [-0.1, -0.05) is 216 Å². The number of ether oxygens (including phenoxy) is 2. The fourth-order valence-electron chi connectivity index (χ4n) is 7.71. The average Bonchev–Trinajstić information content (AvgIpc) is 3.30. The number of phosphoric acid groups is 1. The highest BCUT2D eigenvalue weighted by Gasteiger charge is 2.27. The summed E-state index contributed by atoms with van der Waals surface area (Å²) in [7, 11) is 1.48. The van der Waals surface area contributed by atoms with Crippen molar-refractivity contribution < 1.29 is 42.1 Å². The second-order valence-corrected chi connectivity index (χ2v) is 21.4. The molecule has 0 aliphatic carbocycles. The average molecular weight is 977 g/mol. The number of rotatable bonds is 51. The molecule has 0 bridgehead atoms. The molecule has 0 amide bonds. The van der Waals surface area contributed by atoms with E-state index in [1.807, 2.05) is 21.1 Å². The molecule has 0 aliphatic heterocycles. The molecule has 0 aromatic heterocycles. The van der Waals surface area contributed by atoms with Gasteiger partial charge in [0.25, 0.3) is 0 Å². The van der Waals surface area contributed by atoms with E-state index < -0.39 is 26.5 Å². The molecule has 0 heterocycles. The monoisotopic (exact) mass is 977 g/mol. The number of hydrogen-bond donors (Lipinski definition) is 1. The van der Waals surface area contributed by atoms with E-state index in [1.165, 1.54) is 135 Å². The minimum atomic E-state index is -4.38. The molecule has 0 radical (unpaired) electrons. The lowest BCUT2D eigenvalue weighted by Crippen LogP contribution is -2.37. The molecule has 68 heavy (non-hydrogen) atoms. The topological polar surface area (TPSA) is 108 Å². The van der Waals surface area contributed by atoms with Gasteiger partial charge in [-0.25, -0.2) is 4.57 Å². The molecule has 0 saturated carbocycles. The molecule has 0 rings (SSSR count).